The van der Waals surface area contributed by atoms with Gasteiger partial charge in [0.05, 0.1) is 5.92 Å². The molecule has 3 atom stereocenters. The maximum absolute atomic E-state index is 10.6. The van der Waals surface area contributed by atoms with Gasteiger partial charge in [0, 0.05) is 0 Å². The number of hydrogen-bond acceptors (Lipinski definition) is 1. The molecule has 2 nitrogen and oxygen atoms in total. The Kier molecular flexibility index (Phi) is 2.53. The van der Waals surface area contributed by atoms with Crippen LogP contribution in [0.15, 0.2) is 0 Å². The summed E-state index contributed by atoms with van der Waals surface area (Å²) in [5.41, 5.74) is 0. The molecule has 0 aliphatic heterocycles. The zero-order valence-corrected chi connectivity index (χ0v) is 7.21. The average Bonchev–Trinajstić information content (AvgIpc) is 1.94. The number of rotatable bonds is 1. The Hall–Kier alpha value is -0.530. The summed E-state index contributed by atoms with van der Waals surface area (Å²) in [6.07, 6.45) is 2.83. The minimum Gasteiger partial charge on any atom is -0.481 e. The Labute approximate surface area is 67.6 Å². The standard InChI is InChI=1S/C9H16O2/c1-6-3-4-8(9(10)11)5-7(6)2/h6-8H,3-5H2,1-2H3,(H,10,11)/t6-,7-,8+/m1/s1. The molecular weight excluding hydrogens is 140 g/mol. The lowest BCUT2D eigenvalue weighted by molar-refractivity contribution is -0.143. The van der Waals surface area contributed by atoms with Gasteiger partial charge in [-0.15, -0.1) is 0 Å². The quantitative estimate of drug-likeness (QED) is 0.631. The fraction of sp³-hybridized carbons (Fsp3) is 0.889. The normalized spacial score (nSPS) is 38.5. The van der Waals surface area contributed by atoms with Gasteiger partial charge in [-0.25, -0.2) is 0 Å². The SMILES string of the molecule is C[C@@H]1CC[C@H](C(=O)O)C[C@H]1C. The molecule has 0 aromatic heterocycles. The van der Waals surface area contributed by atoms with E-state index in [4.69, 9.17) is 5.11 Å². The predicted molar refractivity (Wildman–Crippen MR) is 43.3 cm³/mol. The Bertz CT molecular complexity index is 154. The van der Waals surface area contributed by atoms with E-state index in [1.54, 1.807) is 0 Å². The first-order valence-corrected chi connectivity index (χ1v) is 4.34. The fourth-order valence-corrected chi connectivity index (χ4v) is 1.77. The van der Waals surface area contributed by atoms with Crippen molar-refractivity contribution >= 4 is 5.97 Å². The lowest BCUT2D eigenvalue weighted by Crippen LogP contribution is -2.25. The second-order valence-electron chi connectivity index (χ2n) is 3.80. The van der Waals surface area contributed by atoms with Crippen LogP contribution in [0.2, 0.25) is 0 Å². The van der Waals surface area contributed by atoms with Gasteiger partial charge in [0.1, 0.15) is 0 Å². The molecule has 64 valence electrons. The second-order valence-corrected chi connectivity index (χ2v) is 3.80. The van der Waals surface area contributed by atoms with Gasteiger partial charge in [-0.3, -0.25) is 4.79 Å². The van der Waals surface area contributed by atoms with Crippen LogP contribution in [0.4, 0.5) is 0 Å². The van der Waals surface area contributed by atoms with E-state index in [0.717, 1.165) is 19.3 Å². The third-order valence-electron chi connectivity index (χ3n) is 2.95. The van der Waals surface area contributed by atoms with Crippen molar-refractivity contribution in [2.75, 3.05) is 0 Å². The van der Waals surface area contributed by atoms with Crippen LogP contribution in [-0.2, 0) is 4.79 Å². The van der Waals surface area contributed by atoms with Crippen LogP contribution in [0.25, 0.3) is 0 Å². The van der Waals surface area contributed by atoms with E-state index in [1.165, 1.54) is 0 Å². The van der Waals surface area contributed by atoms with E-state index in [9.17, 15) is 4.79 Å². The molecule has 0 heterocycles. The number of hydrogen-bond donors (Lipinski definition) is 1. The molecule has 2 heteroatoms. The van der Waals surface area contributed by atoms with Crippen molar-refractivity contribution in [1.29, 1.82) is 0 Å². The molecule has 1 aliphatic carbocycles. The molecule has 1 aliphatic rings. The summed E-state index contributed by atoms with van der Waals surface area (Å²) >= 11 is 0. The molecule has 0 aromatic rings. The Balaban J connectivity index is 2.46. The van der Waals surface area contributed by atoms with E-state index in [2.05, 4.69) is 13.8 Å². The van der Waals surface area contributed by atoms with Crippen molar-refractivity contribution < 1.29 is 9.90 Å². The summed E-state index contributed by atoms with van der Waals surface area (Å²) in [4.78, 5) is 10.6. The molecular formula is C9H16O2. The van der Waals surface area contributed by atoms with Crippen molar-refractivity contribution in [3.8, 4) is 0 Å². The zero-order chi connectivity index (χ0) is 8.43. The lowest BCUT2D eigenvalue weighted by atomic mass is 9.76. The first-order chi connectivity index (χ1) is 5.11. The van der Waals surface area contributed by atoms with Crippen molar-refractivity contribution in [2.24, 2.45) is 17.8 Å². The molecule has 0 amide bonds. The highest BCUT2D eigenvalue weighted by Gasteiger charge is 2.28. The van der Waals surface area contributed by atoms with E-state index < -0.39 is 5.97 Å². The number of carboxylic acids is 1. The third kappa shape index (κ3) is 1.95. The van der Waals surface area contributed by atoms with E-state index in [-0.39, 0.29) is 5.92 Å². The molecule has 11 heavy (non-hydrogen) atoms. The molecule has 1 N–H and O–H groups in total. The summed E-state index contributed by atoms with van der Waals surface area (Å²) in [6, 6.07) is 0. The predicted octanol–water partition coefficient (Wildman–Crippen LogP) is 2.14. The fourth-order valence-electron chi connectivity index (χ4n) is 1.77. The minimum atomic E-state index is -0.608. The van der Waals surface area contributed by atoms with Gasteiger partial charge in [0.15, 0.2) is 0 Å². The van der Waals surface area contributed by atoms with Gasteiger partial charge in [0.2, 0.25) is 0 Å². The summed E-state index contributed by atoms with van der Waals surface area (Å²) < 4.78 is 0. The molecule has 1 saturated carbocycles. The van der Waals surface area contributed by atoms with Gasteiger partial charge >= 0.3 is 5.97 Å². The minimum absolute atomic E-state index is 0.0683. The van der Waals surface area contributed by atoms with Crippen LogP contribution >= 0.6 is 0 Å². The van der Waals surface area contributed by atoms with Crippen LogP contribution in [0, 0.1) is 17.8 Å². The lowest BCUT2D eigenvalue weighted by Gasteiger charge is -2.29. The van der Waals surface area contributed by atoms with Crippen LogP contribution in [-0.4, -0.2) is 11.1 Å². The van der Waals surface area contributed by atoms with Crippen molar-refractivity contribution in [3.63, 3.8) is 0 Å². The topological polar surface area (TPSA) is 37.3 Å². The Morgan fingerprint density at radius 1 is 1.27 bits per heavy atom. The first-order valence-electron chi connectivity index (χ1n) is 4.34. The number of carboxylic acid groups (broad SMARTS) is 1. The van der Waals surface area contributed by atoms with E-state index in [0.29, 0.717) is 11.8 Å². The van der Waals surface area contributed by atoms with Crippen LogP contribution in [0.1, 0.15) is 33.1 Å². The highest BCUT2D eigenvalue weighted by atomic mass is 16.4. The van der Waals surface area contributed by atoms with Crippen molar-refractivity contribution in [1.82, 2.24) is 0 Å². The van der Waals surface area contributed by atoms with Gasteiger partial charge in [-0.2, -0.15) is 0 Å². The summed E-state index contributed by atoms with van der Waals surface area (Å²) in [7, 11) is 0. The molecule has 1 fully saturated rings. The van der Waals surface area contributed by atoms with Gasteiger partial charge < -0.3 is 5.11 Å². The molecule has 0 unspecified atom stereocenters. The van der Waals surface area contributed by atoms with E-state index in [1.807, 2.05) is 0 Å². The monoisotopic (exact) mass is 156 g/mol. The van der Waals surface area contributed by atoms with Crippen LogP contribution in [0.5, 0.6) is 0 Å². The average molecular weight is 156 g/mol. The molecule has 1 rings (SSSR count). The van der Waals surface area contributed by atoms with Gasteiger partial charge in [-0.05, 0) is 31.1 Å². The molecule has 0 spiro atoms. The van der Waals surface area contributed by atoms with Gasteiger partial charge in [0.25, 0.3) is 0 Å². The third-order valence-corrected chi connectivity index (χ3v) is 2.95. The number of carbonyl (C=O) groups is 1. The second kappa shape index (κ2) is 3.24. The van der Waals surface area contributed by atoms with Crippen molar-refractivity contribution in [2.45, 2.75) is 33.1 Å². The molecule has 0 saturated heterocycles. The van der Waals surface area contributed by atoms with Crippen molar-refractivity contribution in [3.05, 3.63) is 0 Å². The zero-order valence-electron chi connectivity index (χ0n) is 7.21. The summed E-state index contributed by atoms with van der Waals surface area (Å²) in [5, 5.41) is 8.74. The van der Waals surface area contributed by atoms with Gasteiger partial charge in [-0.1, -0.05) is 13.8 Å². The summed E-state index contributed by atoms with van der Waals surface area (Å²) in [6.45, 7) is 4.36. The first kappa shape index (κ1) is 8.57. The molecule has 0 bridgehead atoms. The smallest absolute Gasteiger partial charge is 0.306 e. The Morgan fingerprint density at radius 3 is 2.36 bits per heavy atom. The highest BCUT2D eigenvalue weighted by molar-refractivity contribution is 5.70. The number of aliphatic carboxylic acids is 1. The largest absolute Gasteiger partial charge is 0.481 e. The van der Waals surface area contributed by atoms with Crippen LogP contribution < -0.4 is 0 Å². The molecule has 0 aromatic carbocycles. The van der Waals surface area contributed by atoms with E-state index >= 15 is 0 Å². The summed E-state index contributed by atoms with van der Waals surface area (Å²) in [5.74, 6) is 0.625. The Morgan fingerprint density at radius 2 is 1.91 bits per heavy atom. The maximum atomic E-state index is 10.6. The molecule has 0 radical (unpaired) electrons. The van der Waals surface area contributed by atoms with Crippen LogP contribution in [0.3, 0.4) is 0 Å². The highest BCUT2D eigenvalue weighted by Crippen LogP contribution is 2.33. The maximum Gasteiger partial charge on any atom is 0.306 e.